The predicted molar refractivity (Wildman–Crippen MR) is 149 cm³/mol. The van der Waals surface area contributed by atoms with Crippen molar-refractivity contribution in [2.75, 3.05) is 58.9 Å². The minimum atomic E-state index is -0.385. The van der Waals surface area contributed by atoms with Crippen molar-refractivity contribution >= 4 is 35.4 Å². The van der Waals surface area contributed by atoms with Crippen molar-refractivity contribution in [3.63, 3.8) is 0 Å². The first-order chi connectivity index (χ1) is 18.6. The number of carbonyl (C=O) groups excluding carboxylic acids is 6. The number of rotatable bonds is 21. The summed E-state index contributed by atoms with van der Waals surface area (Å²) in [4.78, 5) is 76.1. The van der Waals surface area contributed by atoms with Gasteiger partial charge in [-0.15, -0.1) is 0 Å². The van der Waals surface area contributed by atoms with Gasteiger partial charge in [0.1, 0.15) is 0 Å². The molecule has 0 fully saturated rings. The number of amides is 6. The van der Waals surface area contributed by atoms with Crippen LogP contribution in [-0.2, 0) is 28.8 Å². The van der Waals surface area contributed by atoms with E-state index in [9.17, 15) is 28.8 Å². The lowest BCUT2D eigenvalue weighted by Crippen LogP contribution is -2.44. The summed E-state index contributed by atoms with van der Waals surface area (Å²) >= 11 is 0. The standard InChI is InChI=1S/C27H42N6O6/c1-6-23(35)29-13-10-16-31(19-15-28-22(5)34)27(39)12-18-33(26(38)9-4)21-20-32(25(37)8-3)17-11-14-30-24(36)7-2/h6-9H,1-4,10-21H2,5H3,(H,28,34)(H,29,35)(H,30,36). The molecule has 0 rings (SSSR count). The first-order valence-electron chi connectivity index (χ1n) is 12.7. The van der Waals surface area contributed by atoms with E-state index >= 15 is 0 Å². The van der Waals surface area contributed by atoms with Gasteiger partial charge in [0.25, 0.3) is 0 Å². The molecule has 12 nitrogen and oxygen atoms in total. The SMILES string of the molecule is C=CC(=O)NCCCN(CCN(CCC(=O)N(CCCNC(=O)C=C)CCNC(C)=O)C(=O)C=C)C(=O)C=C. The molecule has 6 amide bonds. The molecule has 0 bridgehead atoms. The van der Waals surface area contributed by atoms with Crippen LogP contribution in [0.15, 0.2) is 50.6 Å². The summed E-state index contributed by atoms with van der Waals surface area (Å²) < 4.78 is 0. The molecule has 0 saturated carbocycles. The third kappa shape index (κ3) is 16.3. The monoisotopic (exact) mass is 546 g/mol. The maximum absolute atomic E-state index is 13.0. The summed E-state index contributed by atoms with van der Waals surface area (Å²) in [5, 5.41) is 7.94. The van der Waals surface area contributed by atoms with Crippen molar-refractivity contribution in [2.24, 2.45) is 0 Å². The van der Waals surface area contributed by atoms with E-state index in [4.69, 9.17) is 0 Å². The zero-order valence-electron chi connectivity index (χ0n) is 22.9. The Morgan fingerprint density at radius 2 is 1.03 bits per heavy atom. The smallest absolute Gasteiger partial charge is 0.246 e. The lowest BCUT2D eigenvalue weighted by molar-refractivity contribution is -0.134. The van der Waals surface area contributed by atoms with Crippen LogP contribution in [-0.4, -0.2) is 109 Å². The highest BCUT2D eigenvalue weighted by molar-refractivity contribution is 5.89. The van der Waals surface area contributed by atoms with Crippen LogP contribution in [0.3, 0.4) is 0 Å². The Morgan fingerprint density at radius 3 is 1.46 bits per heavy atom. The lowest BCUT2D eigenvalue weighted by Gasteiger charge is -2.28. The predicted octanol–water partition coefficient (Wildman–Crippen LogP) is -0.245. The van der Waals surface area contributed by atoms with Gasteiger partial charge in [0.2, 0.25) is 35.4 Å². The summed E-state index contributed by atoms with van der Waals surface area (Å²) in [6, 6.07) is 0. The van der Waals surface area contributed by atoms with E-state index in [1.165, 1.54) is 22.8 Å². The second-order valence-electron chi connectivity index (χ2n) is 8.37. The molecule has 0 heterocycles. The van der Waals surface area contributed by atoms with Crippen molar-refractivity contribution in [1.29, 1.82) is 0 Å². The first-order valence-corrected chi connectivity index (χ1v) is 12.7. The van der Waals surface area contributed by atoms with Gasteiger partial charge in [-0.1, -0.05) is 26.3 Å². The molecule has 0 aromatic rings. The van der Waals surface area contributed by atoms with Crippen molar-refractivity contribution < 1.29 is 28.8 Å². The third-order valence-corrected chi connectivity index (χ3v) is 5.50. The molecule has 39 heavy (non-hydrogen) atoms. The first kappa shape index (κ1) is 34.8. The number of nitrogens with one attached hydrogen (secondary N) is 3. The number of nitrogens with zero attached hydrogens (tertiary/aromatic N) is 3. The number of hydrogen-bond acceptors (Lipinski definition) is 6. The Morgan fingerprint density at radius 1 is 0.564 bits per heavy atom. The van der Waals surface area contributed by atoms with Crippen LogP contribution in [0.5, 0.6) is 0 Å². The summed E-state index contributed by atoms with van der Waals surface area (Å²) in [6.07, 6.45) is 5.64. The van der Waals surface area contributed by atoms with Gasteiger partial charge < -0.3 is 30.7 Å². The molecule has 216 valence electrons. The molecule has 0 aromatic carbocycles. The fraction of sp³-hybridized carbons (Fsp3) is 0.481. The number of carbonyl (C=O) groups is 6. The van der Waals surface area contributed by atoms with Gasteiger partial charge in [-0.25, -0.2) is 0 Å². The summed E-state index contributed by atoms with van der Waals surface area (Å²) in [5.41, 5.74) is 0. The van der Waals surface area contributed by atoms with Crippen LogP contribution in [0.1, 0.15) is 26.2 Å². The molecule has 0 aliphatic carbocycles. The molecule has 0 radical (unpaired) electrons. The molecular formula is C27H42N6O6. The van der Waals surface area contributed by atoms with Crippen LogP contribution in [0.25, 0.3) is 0 Å². The molecule has 12 heteroatoms. The molecular weight excluding hydrogens is 504 g/mol. The van der Waals surface area contributed by atoms with Crippen LogP contribution < -0.4 is 16.0 Å². The Kier molecular flexibility index (Phi) is 18.5. The van der Waals surface area contributed by atoms with Gasteiger partial charge in [-0.2, -0.15) is 0 Å². The maximum Gasteiger partial charge on any atom is 0.246 e. The quantitative estimate of drug-likeness (QED) is 0.134. The second kappa shape index (κ2) is 20.8. The Labute approximate surface area is 230 Å². The molecule has 0 atom stereocenters. The second-order valence-corrected chi connectivity index (χ2v) is 8.37. The Balaban J connectivity index is 5.12. The van der Waals surface area contributed by atoms with E-state index < -0.39 is 0 Å². The molecule has 0 aliphatic heterocycles. The molecule has 3 N–H and O–H groups in total. The van der Waals surface area contributed by atoms with Gasteiger partial charge in [0.15, 0.2) is 0 Å². The average Bonchev–Trinajstić information content (AvgIpc) is 2.93. The van der Waals surface area contributed by atoms with E-state index in [2.05, 4.69) is 42.3 Å². The average molecular weight is 547 g/mol. The highest BCUT2D eigenvalue weighted by atomic mass is 16.2. The van der Waals surface area contributed by atoms with Crippen LogP contribution >= 0.6 is 0 Å². The van der Waals surface area contributed by atoms with Crippen LogP contribution in [0.4, 0.5) is 0 Å². The zero-order chi connectivity index (χ0) is 29.6. The molecule has 0 aromatic heterocycles. The van der Waals surface area contributed by atoms with E-state index in [0.29, 0.717) is 39.0 Å². The highest BCUT2D eigenvalue weighted by Crippen LogP contribution is 2.03. The van der Waals surface area contributed by atoms with E-state index in [0.717, 1.165) is 18.2 Å². The van der Waals surface area contributed by atoms with Crippen molar-refractivity contribution in [3.8, 4) is 0 Å². The summed E-state index contributed by atoms with van der Waals surface area (Å²) in [6.45, 7) is 17.6. The third-order valence-electron chi connectivity index (χ3n) is 5.50. The van der Waals surface area contributed by atoms with E-state index in [1.54, 1.807) is 4.90 Å². The van der Waals surface area contributed by atoms with Gasteiger partial charge in [0, 0.05) is 72.2 Å². The van der Waals surface area contributed by atoms with Crippen molar-refractivity contribution in [2.45, 2.75) is 26.2 Å². The van der Waals surface area contributed by atoms with Crippen molar-refractivity contribution in [1.82, 2.24) is 30.7 Å². The molecule has 0 saturated heterocycles. The topological polar surface area (TPSA) is 148 Å². The minimum Gasteiger partial charge on any atom is -0.355 e. The van der Waals surface area contributed by atoms with Gasteiger partial charge >= 0.3 is 0 Å². The maximum atomic E-state index is 13.0. The van der Waals surface area contributed by atoms with Gasteiger partial charge in [0.05, 0.1) is 0 Å². The normalized spacial score (nSPS) is 9.87. The van der Waals surface area contributed by atoms with Crippen molar-refractivity contribution in [3.05, 3.63) is 50.6 Å². The Hall–Kier alpha value is -4.22. The minimum absolute atomic E-state index is 0.0155. The molecule has 0 unspecified atom stereocenters. The largest absolute Gasteiger partial charge is 0.355 e. The lowest BCUT2D eigenvalue weighted by atomic mass is 10.2. The van der Waals surface area contributed by atoms with Crippen LogP contribution in [0, 0.1) is 0 Å². The summed E-state index contributed by atoms with van der Waals surface area (Å²) in [7, 11) is 0. The molecule has 0 spiro atoms. The summed E-state index contributed by atoms with van der Waals surface area (Å²) in [5.74, 6) is -1.77. The van der Waals surface area contributed by atoms with E-state index in [1.807, 2.05) is 0 Å². The van der Waals surface area contributed by atoms with Gasteiger partial charge in [-0.05, 0) is 37.1 Å². The van der Waals surface area contributed by atoms with E-state index in [-0.39, 0.29) is 74.6 Å². The molecule has 0 aliphatic rings. The Bertz CT molecular complexity index is 903. The van der Waals surface area contributed by atoms with Gasteiger partial charge in [-0.3, -0.25) is 28.8 Å². The zero-order valence-corrected chi connectivity index (χ0v) is 22.9. The van der Waals surface area contributed by atoms with Crippen LogP contribution in [0.2, 0.25) is 0 Å². The fourth-order valence-electron chi connectivity index (χ4n) is 3.39. The fourth-order valence-corrected chi connectivity index (χ4v) is 3.39. The highest BCUT2D eigenvalue weighted by Gasteiger charge is 2.19. The number of hydrogen-bond donors (Lipinski definition) is 3.